The number of aryl methyl sites for hydroxylation is 6. The summed E-state index contributed by atoms with van der Waals surface area (Å²) in [6.45, 7) is 11.9. The molecule has 0 saturated heterocycles. The second-order valence-electron chi connectivity index (χ2n) is 33.3. The molecule has 12 nitrogen and oxygen atoms in total. The molecular formula is C134H96Ir4N12-8. The molecule has 0 aliphatic carbocycles. The largest absolute Gasteiger partial charge is 0.305 e. The topological polar surface area (TPSA) is 198 Å². The van der Waals surface area contributed by atoms with Crippen LogP contribution in [0.25, 0.3) is 157 Å². The Bertz CT molecular complexity index is 7840. The predicted molar refractivity (Wildman–Crippen MR) is 588 cm³/mol. The van der Waals surface area contributed by atoms with Crippen LogP contribution in [0.3, 0.4) is 0 Å². The molecule has 4 radical (unpaired) electrons. The van der Waals surface area contributed by atoms with Gasteiger partial charge in [-0.2, -0.15) is 21.0 Å². The number of nitrogens with zero attached hydrogens (tertiary/aromatic N) is 12. The summed E-state index contributed by atoms with van der Waals surface area (Å²) in [6, 6.07) is 181. The van der Waals surface area contributed by atoms with Crippen LogP contribution in [0, 0.1) is 135 Å². The molecule has 0 saturated carbocycles. The molecule has 150 heavy (non-hydrogen) atoms. The first-order chi connectivity index (χ1) is 71.7. The second-order valence-corrected chi connectivity index (χ2v) is 33.3. The van der Waals surface area contributed by atoms with Gasteiger partial charge in [-0.3, -0.25) is 0 Å². The van der Waals surface area contributed by atoms with Gasteiger partial charge in [-0.05, 0) is 222 Å². The number of benzene rings is 14. The van der Waals surface area contributed by atoms with E-state index in [1.165, 1.54) is 0 Å². The molecule has 0 fully saturated rings. The summed E-state index contributed by atoms with van der Waals surface area (Å²) in [5.41, 5.74) is 37.0. The van der Waals surface area contributed by atoms with E-state index in [1.807, 2.05) is 442 Å². The van der Waals surface area contributed by atoms with Crippen molar-refractivity contribution in [3.63, 3.8) is 0 Å². The predicted octanol–water partition coefficient (Wildman–Crippen LogP) is 31.7. The summed E-state index contributed by atoms with van der Waals surface area (Å²) in [6.07, 6.45) is 7.12. The maximum atomic E-state index is 9.62. The summed E-state index contributed by atoms with van der Waals surface area (Å²) in [4.78, 5) is 35.1. The molecule has 0 bridgehead atoms. The van der Waals surface area contributed by atoms with Crippen LogP contribution >= 0.6 is 0 Å². The quantitative estimate of drug-likeness (QED) is 0.0935. The first-order valence-corrected chi connectivity index (χ1v) is 47.3. The van der Waals surface area contributed by atoms with E-state index >= 15 is 0 Å². The fourth-order valence-corrected chi connectivity index (χ4v) is 15.7. The Hall–Kier alpha value is -17.2. The molecule has 16 heteroatoms. The summed E-state index contributed by atoms with van der Waals surface area (Å²) in [5, 5.41) is 37.1. The molecule has 0 unspecified atom stereocenters. The van der Waals surface area contributed by atoms with Crippen LogP contribution in [-0.4, -0.2) is 39.9 Å². The van der Waals surface area contributed by atoms with Gasteiger partial charge in [-0.15, -0.1) is 285 Å². The number of hydrogen-bond acceptors (Lipinski definition) is 12. The third-order valence-electron chi connectivity index (χ3n) is 22.9. The fourth-order valence-electron chi connectivity index (χ4n) is 15.7. The minimum atomic E-state index is 0. The van der Waals surface area contributed by atoms with Gasteiger partial charge in [0.25, 0.3) is 0 Å². The van der Waals surface area contributed by atoms with Gasteiger partial charge in [0.05, 0.1) is 46.5 Å². The van der Waals surface area contributed by atoms with Crippen molar-refractivity contribution >= 4 is 0 Å². The van der Waals surface area contributed by atoms with Gasteiger partial charge >= 0.3 is 0 Å². The van der Waals surface area contributed by atoms with Crippen molar-refractivity contribution in [2.75, 3.05) is 0 Å². The van der Waals surface area contributed by atoms with E-state index in [1.54, 1.807) is 24.8 Å². The molecule has 0 spiro atoms. The molecule has 0 N–H and O–H groups in total. The van der Waals surface area contributed by atoms with Crippen LogP contribution < -0.4 is 0 Å². The second kappa shape index (κ2) is 59.5. The maximum Gasteiger partial charge on any atom is 0.0998 e. The van der Waals surface area contributed by atoms with Crippen molar-refractivity contribution in [2.24, 2.45) is 0 Å². The standard InChI is InChI=1S/2C24H15N2.C20H15N2.C18H11N2.4C12H10N.4Ir/c25-17-22-16-20(12-13-23(22)18-7-2-1-3-8-18)19-9-6-10-21(15-19)24-11-4-5-14-26-24;25-17-22-13-12-20(16-23(22)18-7-2-1-3-8-18)19-9-6-10-21(15-19)24-11-4-5-14-26-24;1-14-10-18(11-15(2)19(14)13-21)16-6-5-7-17(12-16)20-8-3-4-9-22-20;19-13-14-7-9-15(10-8-14)16-4-3-5-17(12-16)18-6-1-2-11-20-18;4*1-10-6-5-9-12(13-10)11-7-3-2-4-8-11;;;;/h2*1-9,11-16H;3-6,8-12H,1-2H3;1-4,6-12H;4*2-7,9H,1H3;;;;/q8*-1;;;;. The summed E-state index contributed by atoms with van der Waals surface area (Å²) in [7, 11) is 0. The molecule has 8 heterocycles. The molecular weight excluding hydrogens is 2550 g/mol. The van der Waals surface area contributed by atoms with Crippen LogP contribution in [-0.2, 0) is 80.4 Å². The van der Waals surface area contributed by atoms with Crippen LogP contribution in [0.1, 0.15) is 56.2 Å². The minimum absolute atomic E-state index is 0. The molecule has 0 atom stereocenters. The SMILES string of the molecule is Cc1cc(-c2cc[c-]c(-c3ccccn3)c2)cc(C)c1C#N.Cc1cccc(-c2[c-]cccc2)n1.Cc1cccc(-c2[c-]cccc2)n1.Cc1cccc(-c2[c-]cccc2)n1.Cc1cccc(-c2[c-]cccc2)n1.N#Cc1cc(-c2cc[c-]c(-c3ccccn3)c2)ccc1-c1ccccc1.N#Cc1ccc(-c2cc[c-]c(-c3ccccn3)c2)cc1.N#Cc1ccc(-c2cc[c-]c(-c3ccccn3)c2)cc1-c1ccccc1.[Ir].[Ir].[Ir].[Ir]. The van der Waals surface area contributed by atoms with E-state index < -0.39 is 0 Å². The zero-order chi connectivity index (χ0) is 101. The molecule has 0 amide bonds. The van der Waals surface area contributed by atoms with Crippen molar-refractivity contribution in [2.45, 2.75) is 41.5 Å². The van der Waals surface area contributed by atoms with Crippen molar-refractivity contribution < 1.29 is 80.4 Å². The van der Waals surface area contributed by atoms with Gasteiger partial charge in [0.1, 0.15) is 0 Å². The Morgan fingerprint density at radius 3 is 0.780 bits per heavy atom. The van der Waals surface area contributed by atoms with Gasteiger partial charge in [-0.1, -0.05) is 200 Å². The van der Waals surface area contributed by atoms with E-state index in [9.17, 15) is 15.8 Å². The number of nitriles is 4. The van der Waals surface area contributed by atoms with Crippen LogP contribution in [0.4, 0.5) is 0 Å². The zero-order valence-corrected chi connectivity index (χ0v) is 92.3. The average Bonchev–Trinajstić information content (AvgIpc) is 0.804. The van der Waals surface area contributed by atoms with E-state index in [4.69, 9.17) is 5.26 Å². The number of aromatic nitrogens is 8. The Balaban J connectivity index is 0.000000164. The Labute approximate surface area is 934 Å². The normalized spacial score (nSPS) is 9.83. The Morgan fingerprint density at radius 2 is 0.473 bits per heavy atom. The smallest absolute Gasteiger partial charge is 0.0998 e. The van der Waals surface area contributed by atoms with E-state index in [0.29, 0.717) is 16.7 Å². The van der Waals surface area contributed by atoms with E-state index in [-0.39, 0.29) is 80.4 Å². The van der Waals surface area contributed by atoms with Crippen molar-refractivity contribution in [3.05, 3.63) is 578 Å². The average molecular weight is 2640 g/mol. The minimum Gasteiger partial charge on any atom is -0.305 e. The molecule has 8 aromatic heterocycles. The molecule has 22 rings (SSSR count). The van der Waals surface area contributed by atoms with Crippen LogP contribution in [0.15, 0.2) is 474 Å². The summed E-state index contributed by atoms with van der Waals surface area (Å²) < 4.78 is 0. The van der Waals surface area contributed by atoms with Crippen molar-refractivity contribution in [1.29, 1.82) is 21.0 Å². The monoisotopic (exact) mass is 2640 g/mol. The molecule has 0 aliphatic rings. The van der Waals surface area contributed by atoms with Gasteiger partial charge in [-0.25, -0.2) is 0 Å². The third-order valence-corrected chi connectivity index (χ3v) is 22.9. The van der Waals surface area contributed by atoms with Crippen molar-refractivity contribution in [3.8, 4) is 181 Å². The first kappa shape index (κ1) is 113. The van der Waals surface area contributed by atoms with E-state index in [0.717, 1.165) is 196 Å². The Kier molecular flexibility index (Phi) is 44.9. The van der Waals surface area contributed by atoms with Gasteiger partial charge in [0.15, 0.2) is 0 Å². The Morgan fingerprint density at radius 1 is 0.187 bits per heavy atom. The number of hydrogen-bond donors (Lipinski definition) is 0. The maximum absolute atomic E-state index is 9.62. The molecule has 14 aromatic carbocycles. The molecule has 0 aliphatic heterocycles. The van der Waals surface area contributed by atoms with Gasteiger partial charge in [0.2, 0.25) is 0 Å². The van der Waals surface area contributed by atoms with Gasteiger partial charge in [0, 0.05) is 128 Å². The summed E-state index contributed by atoms with van der Waals surface area (Å²) >= 11 is 0. The fraction of sp³-hybridized carbons (Fsp3) is 0.0448. The molecule has 22 aromatic rings. The van der Waals surface area contributed by atoms with Crippen molar-refractivity contribution in [1.82, 2.24) is 39.9 Å². The van der Waals surface area contributed by atoms with Crippen LogP contribution in [0.2, 0.25) is 0 Å². The van der Waals surface area contributed by atoms with Gasteiger partial charge < -0.3 is 39.9 Å². The van der Waals surface area contributed by atoms with E-state index in [2.05, 4.69) is 161 Å². The zero-order valence-electron chi connectivity index (χ0n) is 82.7. The van der Waals surface area contributed by atoms with Crippen LogP contribution in [0.5, 0.6) is 0 Å². The summed E-state index contributed by atoms with van der Waals surface area (Å²) in [5.74, 6) is 0. The first-order valence-electron chi connectivity index (χ1n) is 47.3. The number of rotatable bonds is 14. The third kappa shape index (κ3) is 32.9. The number of pyridine rings is 8. The molecule has 736 valence electrons.